The fourth-order valence-electron chi connectivity index (χ4n) is 2.62. The zero-order valence-corrected chi connectivity index (χ0v) is 8.97. The maximum atomic E-state index is 11.0. The predicted molar refractivity (Wildman–Crippen MR) is 56.6 cm³/mol. The predicted octanol–water partition coefficient (Wildman–Crippen LogP) is 2.08. The van der Waals surface area contributed by atoms with Crippen LogP contribution in [0.5, 0.6) is 0 Å². The maximum absolute atomic E-state index is 11.0. The molecule has 3 unspecified atom stereocenters. The van der Waals surface area contributed by atoms with E-state index in [0.29, 0.717) is 5.92 Å². The van der Waals surface area contributed by atoms with Crippen molar-refractivity contribution in [1.82, 2.24) is 4.98 Å². The highest BCUT2D eigenvalue weighted by Gasteiger charge is 2.36. The third-order valence-corrected chi connectivity index (χ3v) is 3.39. The molecule has 1 heterocycles. The van der Waals surface area contributed by atoms with Crippen molar-refractivity contribution in [3.8, 4) is 0 Å². The summed E-state index contributed by atoms with van der Waals surface area (Å²) in [6.45, 7) is 3.90. The van der Waals surface area contributed by atoms with Crippen LogP contribution < -0.4 is 0 Å². The van der Waals surface area contributed by atoms with Gasteiger partial charge < -0.3 is 5.11 Å². The minimum Gasteiger partial charge on any atom is -0.481 e. The second kappa shape index (κ2) is 3.65. The summed E-state index contributed by atoms with van der Waals surface area (Å²) in [7, 11) is 0. The summed E-state index contributed by atoms with van der Waals surface area (Å²) in [4.78, 5) is 15.1. The number of aromatic nitrogens is 1. The first-order valence-electron chi connectivity index (χ1n) is 5.27. The second-order valence-electron chi connectivity index (χ2n) is 4.41. The van der Waals surface area contributed by atoms with Crippen LogP contribution in [0.2, 0.25) is 0 Å². The molecule has 3 atom stereocenters. The van der Waals surface area contributed by atoms with Gasteiger partial charge in [-0.2, -0.15) is 0 Å². The summed E-state index contributed by atoms with van der Waals surface area (Å²) in [6.07, 6.45) is 4.57. The van der Waals surface area contributed by atoms with Gasteiger partial charge in [-0.15, -0.1) is 0 Å². The summed E-state index contributed by atoms with van der Waals surface area (Å²) in [5.41, 5.74) is 2.38. The normalized spacial score (nSPS) is 26.0. The Kier molecular flexibility index (Phi) is 2.47. The smallest absolute Gasteiger partial charge is 0.306 e. The molecule has 3 nitrogen and oxygen atoms in total. The Hall–Kier alpha value is -1.38. The van der Waals surface area contributed by atoms with E-state index in [4.69, 9.17) is 5.11 Å². The van der Waals surface area contributed by atoms with Gasteiger partial charge in [0.2, 0.25) is 0 Å². The van der Waals surface area contributed by atoms with Crippen molar-refractivity contribution in [3.63, 3.8) is 0 Å². The van der Waals surface area contributed by atoms with E-state index in [1.807, 2.05) is 12.3 Å². The van der Waals surface area contributed by atoms with E-state index in [2.05, 4.69) is 11.9 Å². The highest BCUT2D eigenvalue weighted by Crippen LogP contribution is 2.41. The number of nitrogens with zero attached hydrogens (tertiary/aromatic N) is 1. The SMILES string of the molecule is CC1Cc2ccncc2C1C(C)C(=O)O. The average Bonchev–Trinajstić information content (AvgIpc) is 2.52. The van der Waals surface area contributed by atoms with Gasteiger partial charge in [0, 0.05) is 18.3 Å². The Bertz CT molecular complexity index is 389. The Morgan fingerprint density at radius 3 is 3.07 bits per heavy atom. The van der Waals surface area contributed by atoms with Gasteiger partial charge in [-0.05, 0) is 29.5 Å². The van der Waals surface area contributed by atoms with Crippen LogP contribution in [-0.4, -0.2) is 16.1 Å². The van der Waals surface area contributed by atoms with E-state index in [1.54, 1.807) is 13.1 Å². The highest BCUT2D eigenvalue weighted by atomic mass is 16.4. The molecule has 1 aromatic rings. The van der Waals surface area contributed by atoms with E-state index in [0.717, 1.165) is 12.0 Å². The molecule has 0 fully saturated rings. The molecule has 0 spiro atoms. The van der Waals surface area contributed by atoms with Crippen LogP contribution in [0, 0.1) is 11.8 Å². The summed E-state index contributed by atoms with van der Waals surface area (Å²) in [5, 5.41) is 9.07. The molecule has 0 aliphatic heterocycles. The van der Waals surface area contributed by atoms with Gasteiger partial charge in [-0.1, -0.05) is 13.8 Å². The van der Waals surface area contributed by atoms with E-state index in [9.17, 15) is 4.79 Å². The van der Waals surface area contributed by atoms with Crippen LogP contribution in [0.1, 0.15) is 30.9 Å². The molecule has 2 rings (SSSR count). The van der Waals surface area contributed by atoms with Crippen LogP contribution in [0.15, 0.2) is 18.5 Å². The van der Waals surface area contributed by atoms with Crippen molar-refractivity contribution in [2.45, 2.75) is 26.2 Å². The van der Waals surface area contributed by atoms with E-state index in [-0.39, 0.29) is 11.8 Å². The molecular formula is C12H15NO2. The number of hydrogen-bond acceptors (Lipinski definition) is 2. The lowest BCUT2D eigenvalue weighted by atomic mass is 9.83. The molecule has 3 heteroatoms. The van der Waals surface area contributed by atoms with Gasteiger partial charge in [-0.3, -0.25) is 9.78 Å². The topological polar surface area (TPSA) is 50.2 Å². The Balaban J connectivity index is 2.37. The number of rotatable bonds is 2. The lowest BCUT2D eigenvalue weighted by molar-refractivity contribution is -0.142. The summed E-state index contributed by atoms with van der Waals surface area (Å²) in [6, 6.07) is 2.00. The van der Waals surface area contributed by atoms with Gasteiger partial charge in [0.05, 0.1) is 5.92 Å². The molecule has 0 amide bonds. The van der Waals surface area contributed by atoms with Crippen molar-refractivity contribution in [3.05, 3.63) is 29.6 Å². The molecule has 1 aliphatic carbocycles. The van der Waals surface area contributed by atoms with Crippen LogP contribution in [-0.2, 0) is 11.2 Å². The maximum Gasteiger partial charge on any atom is 0.306 e. The molecule has 1 N–H and O–H groups in total. The van der Waals surface area contributed by atoms with E-state index < -0.39 is 5.97 Å². The van der Waals surface area contributed by atoms with Gasteiger partial charge >= 0.3 is 5.97 Å². The first kappa shape index (κ1) is 10.1. The molecule has 80 valence electrons. The number of fused-ring (bicyclic) bond motifs is 1. The quantitative estimate of drug-likeness (QED) is 0.804. The van der Waals surface area contributed by atoms with Gasteiger partial charge in [0.25, 0.3) is 0 Å². The van der Waals surface area contributed by atoms with Crippen LogP contribution in [0.25, 0.3) is 0 Å². The molecule has 1 aromatic heterocycles. The van der Waals surface area contributed by atoms with E-state index in [1.165, 1.54) is 5.56 Å². The summed E-state index contributed by atoms with van der Waals surface area (Å²) < 4.78 is 0. The van der Waals surface area contributed by atoms with Crippen molar-refractivity contribution >= 4 is 5.97 Å². The lowest BCUT2D eigenvalue weighted by Gasteiger charge is -2.20. The summed E-state index contributed by atoms with van der Waals surface area (Å²) in [5.74, 6) is -0.532. The monoisotopic (exact) mass is 205 g/mol. The number of aliphatic carboxylic acids is 1. The van der Waals surface area contributed by atoms with Gasteiger partial charge in [0.1, 0.15) is 0 Å². The van der Waals surface area contributed by atoms with E-state index >= 15 is 0 Å². The Morgan fingerprint density at radius 1 is 1.67 bits per heavy atom. The van der Waals surface area contributed by atoms with Crippen molar-refractivity contribution in [1.29, 1.82) is 0 Å². The fraction of sp³-hybridized carbons (Fsp3) is 0.500. The molecular weight excluding hydrogens is 190 g/mol. The molecule has 1 aliphatic rings. The average molecular weight is 205 g/mol. The van der Waals surface area contributed by atoms with Crippen LogP contribution in [0.3, 0.4) is 0 Å². The first-order valence-corrected chi connectivity index (χ1v) is 5.27. The third-order valence-electron chi connectivity index (χ3n) is 3.39. The number of carboxylic acids is 1. The molecule has 0 radical (unpaired) electrons. The standard InChI is InChI=1S/C12H15NO2/c1-7-5-9-3-4-13-6-10(9)11(7)8(2)12(14)15/h3-4,6-8,11H,5H2,1-2H3,(H,14,15). The number of carboxylic acid groups (broad SMARTS) is 1. The highest BCUT2D eigenvalue weighted by molar-refractivity contribution is 5.71. The fourth-order valence-corrected chi connectivity index (χ4v) is 2.62. The number of pyridine rings is 1. The Labute approximate surface area is 89.2 Å². The molecule has 0 saturated carbocycles. The molecule has 0 bridgehead atoms. The van der Waals surface area contributed by atoms with Gasteiger partial charge in [-0.25, -0.2) is 0 Å². The largest absolute Gasteiger partial charge is 0.481 e. The van der Waals surface area contributed by atoms with Crippen molar-refractivity contribution < 1.29 is 9.90 Å². The van der Waals surface area contributed by atoms with Gasteiger partial charge in [0.15, 0.2) is 0 Å². The molecule has 15 heavy (non-hydrogen) atoms. The second-order valence-corrected chi connectivity index (χ2v) is 4.41. The van der Waals surface area contributed by atoms with Crippen molar-refractivity contribution in [2.24, 2.45) is 11.8 Å². The molecule has 0 saturated heterocycles. The number of hydrogen-bond donors (Lipinski definition) is 1. The van der Waals surface area contributed by atoms with Crippen molar-refractivity contribution in [2.75, 3.05) is 0 Å². The van der Waals surface area contributed by atoms with Crippen LogP contribution >= 0.6 is 0 Å². The third kappa shape index (κ3) is 1.62. The zero-order valence-electron chi connectivity index (χ0n) is 8.97. The Morgan fingerprint density at radius 2 is 2.40 bits per heavy atom. The number of carbonyl (C=O) groups is 1. The summed E-state index contributed by atoms with van der Waals surface area (Å²) >= 11 is 0. The lowest BCUT2D eigenvalue weighted by Crippen LogP contribution is -2.21. The first-order chi connectivity index (χ1) is 7.11. The zero-order chi connectivity index (χ0) is 11.0. The van der Waals surface area contributed by atoms with Crippen LogP contribution in [0.4, 0.5) is 0 Å². The molecule has 0 aromatic carbocycles. The minimum atomic E-state index is -0.719. The minimum absolute atomic E-state index is 0.117.